The Morgan fingerprint density at radius 3 is 2.36 bits per heavy atom. The fourth-order valence-corrected chi connectivity index (χ4v) is 3.66. The fourth-order valence-electron chi connectivity index (χ4n) is 3.66. The Hall–Kier alpha value is -1.71. The van der Waals surface area contributed by atoms with Crippen LogP contribution >= 0.6 is 0 Å². The summed E-state index contributed by atoms with van der Waals surface area (Å²) >= 11 is 0. The summed E-state index contributed by atoms with van der Waals surface area (Å²) in [7, 11) is 0. The SMILES string of the molecule is Cc1cc(C)c(C(c2cccnc2)N2CCNCC2)c(C)c1. The molecule has 1 atom stereocenters. The van der Waals surface area contributed by atoms with Crippen LogP contribution in [0.5, 0.6) is 0 Å². The van der Waals surface area contributed by atoms with Crippen molar-refractivity contribution in [1.82, 2.24) is 15.2 Å². The molecule has 1 N–H and O–H groups in total. The highest BCUT2D eigenvalue weighted by Crippen LogP contribution is 2.33. The van der Waals surface area contributed by atoms with Gasteiger partial charge in [-0.2, -0.15) is 0 Å². The van der Waals surface area contributed by atoms with Gasteiger partial charge in [-0.3, -0.25) is 9.88 Å². The second-order valence-electron chi connectivity index (χ2n) is 6.29. The highest BCUT2D eigenvalue weighted by atomic mass is 15.2. The Morgan fingerprint density at radius 1 is 1.09 bits per heavy atom. The van der Waals surface area contributed by atoms with Crippen molar-refractivity contribution < 1.29 is 0 Å². The molecule has 1 saturated heterocycles. The number of rotatable bonds is 3. The number of benzene rings is 1. The van der Waals surface area contributed by atoms with Crippen molar-refractivity contribution in [2.24, 2.45) is 0 Å². The van der Waals surface area contributed by atoms with Crippen LogP contribution in [0.3, 0.4) is 0 Å². The van der Waals surface area contributed by atoms with Crippen molar-refractivity contribution in [1.29, 1.82) is 0 Å². The molecule has 3 rings (SSSR count). The van der Waals surface area contributed by atoms with Gasteiger partial charge in [-0.15, -0.1) is 0 Å². The first-order chi connectivity index (χ1) is 10.7. The lowest BCUT2D eigenvalue weighted by atomic mass is 9.89. The molecular formula is C19H25N3. The first-order valence-electron chi connectivity index (χ1n) is 8.09. The van der Waals surface area contributed by atoms with Crippen LogP contribution in [0.4, 0.5) is 0 Å². The smallest absolute Gasteiger partial charge is 0.0623 e. The molecule has 0 amide bonds. The van der Waals surface area contributed by atoms with E-state index in [4.69, 9.17) is 0 Å². The van der Waals surface area contributed by atoms with Gasteiger partial charge in [-0.1, -0.05) is 23.8 Å². The van der Waals surface area contributed by atoms with Gasteiger partial charge in [0.05, 0.1) is 6.04 Å². The van der Waals surface area contributed by atoms with E-state index in [1.807, 2.05) is 18.5 Å². The molecule has 2 aromatic rings. The molecule has 3 heteroatoms. The van der Waals surface area contributed by atoms with Crippen LogP contribution in [0.15, 0.2) is 36.7 Å². The van der Waals surface area contributed by atoms with Crippen LogP contribution in [0, 0.1) is 20.8 Å². The highest BCUT2D eigenvalue weighted by Gasteiger charge is 2.26. The van der Waals surface area contributed by atoms with Gasteiger partial charge in [-0.25, -0.2) is 0 Å². The summed E-state index contributed by atoms with van der Waals surface area (Å²) in [5.41, 5.74) is 6.83. The van der Waals surface area contributed by atoms with E-state index in [9.17, 15) is 0 Å². The number of piperazine rings is 1. The maximum Gasteiger partial charge on any atom is 0.0623 e. The molecule has 0 spiro atoms. The van der Waals surface area contributed by atoms with E-state index in [-0.39, 0.29) is 0 Å². The zero-order chi connectivity index (χ0) is 15.5. The predicted molar refractivity (Wildman–Crippen MR) is 91.2 cm³/mol. The molecule has 1 unspecified atom stereocenters. The molecule has 1 aliphatic heterocycles. The molecule has 22 heavy (non-hydrogen) atoms. The number of aromatic nitrogens is 1. The second-order valence-corrected chi connectivity index (χ2v) is 6.29. The highest BCUT2D eigenvalue weighted by molar-refractivity contribution is 5.43. The second kappa shape index (κ2) is 6.59. The number of hydrogen-bond acceptors (Lipinski definition) is 3. The zero-order valence-corrected chi connectivity index (χ0v) is 13.8. The van der Waals surface area contributed by atoms with Crippen LogP contribution in [-0.4, -0.2) is 36.1 Å². The van der Waals surface area contributed by atoms with Gasteiger partial charge in [-0.05, 0) is 49.1 Å². The number of nitrogens with zero attached hydrogens (tertiary/aromatic N) is 2. The third-order valence-electron chi connectivity index (χ3n) is 4.53. The standard InChI is InChI=1S/C19H25N3/c1-14-11-15(2)18(16(3)12-14)19(17-5-4-6-21-13-17)22-9-7-20-8-10-22/h4-6,11-13,19-20H,7-10H2,1-3H3. The minimum Gasteiger partial charge on any atom is -0.314 e. The van der Waals surface area contributed by atoms with Gasteiger partial charge in [0.15, 0.2) is 0 Å². The summed E-state index contributed by atoms with van der Waals surface area (Å²) in [6.45, 7) is 10.9. The Bertz CT molecular complexity index is 607. The molecule has 1 aliphatic rings. The first kappa shape index (κ1) is 15.2. The summed E-state index contributed by atoms with van der Waals surface area (Å²) in [5.74, 6) is 0. The minimum absolute atomic E-state index is 0.302. The van der Waals surface area contributed by atoms with Crippen molar-refractivity contribution in [3.8, 4) is 0 Å². The van der Waals surface area contributed by atoms with E-state index < -0.39 is 0 Å². The molecule has 1 fully saturated rings. The Kier molecular flexibility index (Phi) is 4.55. The van der Waals surface area contributed by atoms with Crippen molar-refractivity contribution in [3.63, 3.8) is 0 Å². The fraction of sp³-hybridized carbons (Fsp3) is 0.421. The van der Waals surface area contributed by atoms with E-state index in [1.165, 1.54) is 27.8 Å². The molecule has 0 aliphatic carbocycles. The molecule has 2 heterocycles. The number of aryl methyl sites for hydroxylation is 3. The maximum absolute atomic E-state index is 4.36. The molecule has 1 aromatic carbocycles. The summed E-state index contributed by atoms with van der Waals surface area (Å²) in [6.07, 6.45) is 3.87. The van der Waals surface area contributed by atoms with Crippen molar-refractivity contribution in [3.05, 3.63) is 64.5 Å². The van der Waals surface area contributed by atoms with Crippen LogP contribution < -0.4 is 5.32 Å². The minimum atomic E-state index is 0.302. The van der Waals surface area contributed by atoms with Gasteiger partial charge in [0, 0.05) is 38.6 Å². The molecule has 0 bridgehead atoms. The van der Waals surface area contributed by atoms with Gasteiger partial charge in [0.2, 0.25) is 0 Å². The van der Waals surface area contributed by atoms with Gasteiger partial charge in [0.1, 0.15) is 0 Å². The lowest BCUT2D eigenvalue weighted by molar-refractivity contribution is 0.197. The van der Waals surface area contributed by atoms with E-state index in [0.717, 1.165) is 26.2 Å². The lowest BCUT2D eigenvalue weighted by Crippen LogP contribution is -2.45. The Morgan fingerprint density at radius 2 is 1.77 bits per heavy atom. The topological polar surface area (TPSA) is 28.2 Å². The Labute approximate surface area is 133 Å². The van der Waals surface area contributed by atoms with E-state index >= 15 is 0 Å². The number of pyridine rings is 1. The molecule has 0 radical (unpaired) electrons. The maximum atomic E-state index is 4.36. The van der Waals surface area contributed by atoms with Crippen LogP contribution in [0.25, 0.3) is 0 Å². The third-order valence-corrected chi connectivity index (χ3v) is 4.53. The summed E-state index contributed by atoms with van der Waals surface area (Å²) in [5, 5.41) is 3.45. The lowest BCUT2D eigenvalue weighted by Gasteiger charge is -2.37. The van der Waals surface area contributed by atoms with E-state index in [2.05, 4.69) is 54.2 Å². The number of nitrogens with one attached hydrogen (secondary N) is 1. The first-order valence-corrected chi connectivity index (χ1v) is 8.09. The van der Waals surface area contributed by atoms with Crippen molar-refractivity contribution in [2.75, 3.05) is 26.2 Å². The largest absolute Gasteiger partial charge is 0.314 e. The van der Waals surface area contributed by atoms with Crippen LogP contribution in [0.1, 0.15) is 33.9 Å². The van der Waals surface area contributed by atoms with Crippen LogP contribution in [-0.2, 0) is 0 Å². The van der Waals surface area contributed by atoms with Gasteiger partial charge in [0.25, 0.3) is 0 Å². The number of hydrogen-bond donors (Lipinski definition) is 1. The van der Waals surface area contributed by atoms with E-state index in [1.54, 1.807) is 0 Å². The Balaban J connectivity index is 2.09. The molecule has 0 saturated carbocycles. The monoisotopic (exact) mass is 295 g/mol. The molecular weight excluding hydrogens is 270 g/mol. The summed E-state index contributed by atoms with van der Waals surface area (Å²) in [6, 6.07) is 9.15. The van der Waals surface area contributed by atoms with Gasteiger partial charge >= 0.3 is 0 Å². The average molecular weight is 295 g/mol. The molecule has 1 aromatic heterocycles. The third kappa shape index (κ3) is 3.06. The van der Waals surface area contributed by atoms with E-state index in [0.29, 0.717) is 6.04 Å². The summed E-state index contributed by atoms with van der Waals surface area (Å²) < 4.78 is 0. The predicted octanol–water partition coefficient (Wildman–Crippen LogP) is 3.00. The van der Waals surface area contributed by atoms with Crippen LogP contribution in [0.2, 0.25) is 0 Å². The van der Waals surface area contributed by atoms with Crippen molar-refractivity contribution >= 4 is 0 Å². The summed E-state index contributed by atoms with van der Waals surface area (Å²) in [4.78, 5) is 6.94. The normalized spacial score (nSPS) is 17.4. The van der Waals surface area contributed by atoms with Crippen molar-refractivity contribution in [2.45, 2.75) is 26.8 Å². The molecule has 3 nitrogen and oxygen atoms in total. The zero-order valence-electron chi connectivity index (χ0n) is 13.8. The molecule has 116 valence electrons. The van der Waals surface area contributed by atoms with Gasteiger partial charge < -0.3 is 5.32 Å². The average Bonchev–Trinajstić information content (AvgIpc) is 2.52. The quantitative estimate of drug-likeness (QED) is 0.943.